The second-order valence-corrected chi connectivity index (χ2v) is 8.20. The molecule has 2 aliphatic rings. The molecule has 2 fully saturated rings. The second-order valence-electron chi connectivity index (χ2n) is 6.89. The molecule has 0 bridgehead atoms. The van der Waals surface area contributed by atoms with Gasteiger partial charge in [-0.2, -0.15) is 0 Å². The zero-order valence-electron chi connectivity index (χ0n) is 15.1. The van der Waals surface area contributed by atoms with E-state index in [0.29, 0.717) is 30.0 Å². The van der Waals surface area contributed by atoms with E-state index in [1.807, 2.05) is 38.1 Å². The van der Waals surface area contributed by atoms with Crippen molar-refractivity contribution in [2.24, 2.45) is 0 Å². The maximum absolute atomic E-state index is 12.7. The molecule has 0 unspecified atom stereocenters. The molecule has 26 heavy (non-hydrogen) atoms. The molecule has 4 rings (SSSR count). The number of ether oxygens (including phenoxy) is 1. The van der Waals surface area contributed by atoms with Crippen LogP contribution < -0.4 is 10.1 Å². The summed E-state index contributed by atoms with van der Waals surface area (Å²) in [7, 11) is 0. The number of rotatable bonds is 8. The number of para-hydroxylation sites is 2. The Morgan fingerprint density at radius 3 is 2.77 bits per heavy atom. The van der Waals surface area contributed by atoms with E-state index in [4.69, 9.17) is 4.74 Å². The van der Waals surface area contributed by atoms with Crippen LogP contribution in [-0.4, -0.2) is 32.5 Å². The average Bonchev–Trinajstić information content (AvgIpc) is 3.56. The van der Waals surface area contributed by atoms with Crippen molar-refractivity contribution >= 4 is 23.4 Å². The summed E-state index contributed by atoms with van der Waals surface area (Å²) in [6.07, 6.45) is 4.79. The molecule has 1 atom stereocenters. The van der Waals surface area contributed by atoms with Crippen LogP contribution in [0.25, 0.3) is 0 Å². The van der Waals surface area contributed by atoms with Crippen molar-refractivity contribution in [2.45, 2.75) is 61.9 Å². The molecular formula is C19H24N4O2S. The van der Waals surface area contributed by atoms with Crippen LogP contribution in [0.3, 0.4) is 0 Å². The maximum Gasteiger partial charge on any atom is 0.237 e. The summed E-state index contributed by atoms with van der Waals surface area (Å²) >= 11 is 1.49. The molecule has 2 aliphatic carbocycles. The van der Waals surface area contributed by atoms with E-state index >= 15 is 0 Å². The molecule has 2 aromatic rings. The van der Waals surface area contributed by atoms with Gasteiger partial charge in [-0.1, -0.05) is 23.9 Å². The van der Waals surface area contributed by atoms with E-state index in [9.17, 15) is 4.79 Å². The van der Waals surface area contributed by atoms with Crippen molar-refractivity contribution in [2.75, 3.05) is 11.9 Å². The predicted molar refractivity (Wildman–Crippen MR) is 102 cm³/mol. The number of nitrogens with one attached hydrogen (secondary N) is 1. The van der Waals surface area contributed by atoms with Gasteiger partial charge in [0.2, 0.25) is 5.91 Å². The number of carbonyl (C=O) groups excluding carboxylic acids is 1. The molecule has 0 saturated heterocycles. The Bertz CT molecular complexity index is 799. The van der Waals surface area contributed by atoms with Gasteiger partial charge in [0.05, 0.1) is 17.5 Å². The summed E-state index contributed by atoms with van der Waals surface area (Å²) in [5.74, 6) is 2.32. The van der Waals surface area contributed by atoms with Crippen molar-refractivity contribution in [3.63, 3.8) is 0 Å². The highest BCUT2D eigenvalue weighted by molar-refractivity contribution is 8.00. The van der Waals surface area contributed by atoms with Crippen LogP contribution in [0, 0.1) is 0 Å². The first kappa shape index (κ1) is 17.4. The van der Waals surface area contributed by atoms with Crippen LogP contribution in [0.2, 0.25) is 0 Å². The third-order valence-electron chi connectivity index (χ3n) is 4.64. The van der Waals surface area contributed by atoms with Gasteiger partial charge in [-0.3, -0.25) is 4.79 Å². The third-order valence-corrected chi connectivity index (χ3v) is 5.70. The minimum atomic E-state index is -0.265. The highest BCUT2D eigenvalue weighted by atomic mass is 32.2. The van der Waals surface area contributed by atoms with E-state index in [0.717, 1.165) is 11.0 Å². The monoisotopic (exact) mass is 372 g/mol. The summed E-state index contributed by atoms with van der Waals surface area (Å²) in [5, 5.41) is 12.4. The number of amides is 1. The molecule has 6 nitrogen and oxygen atoms in total. The van der Waals surface area contributed by atoms with Gasteiger partial charge in [0.25, 0.3) is 0 Å². The normalized spacial score (nSPS) is 17.8. The lowest BCUT2D eigenvalue weighted by molar-refractivity contribution is -0.115. The van der Waals surface area contributed by atoms with E-state index in [-0.39, 0.29) is 11.2 Å². The van der Waals surface area contributed by atoms with Crippen molar-refractivity contribution in [1.82, 2.24) is 14.8 Å². The van der Waals surface area contributed by atoms with Crippen molar-refractivity contribution in [3.8, 4) is 5.75 Å². The van der Waals surface area contributed by atoms with Gasteiger partial charge in [0, 0.05) is 12.0 Å². The highest BCUT2D eigenvalue weighted by Gasteiger charge is 2.37. The Hall–Kier alpha value is -2.02. The lowest BCUT2D eigenvalue weighted by atomic mass is 10.3. The molecule has 7 heteroatoms. The Morgan fingerprint density at radius 2 is 2.08 bits per heavy atom. The van der Waals surface area contributed by atoms with Gasteiger partial charge in [0.1, 0.15) is 11.6 Å². The average molecular weight is 372 g/mol. The van der Waals surface area contributed by atoms with Gasteiger partial charge in [0.15, 0.2) is 5.16 Å². The molecular weight excluding hydrogens is 348 g/mol. The molecule has 1 heterocycles. The van der Waals surface area contributed by atoms with Gasteiger partial charge >= 0.3 is 0 Å². The zero-order chi connectivity index (χ0) is 18.1. The van der Waals surface area contributed by atoms with E-state index in [1.165, 1.54) is 37.4 Å². The minimum Gasteiger partial charge on any atom is -0.492 e. The molecule has 138 valence electrons. The van der Waals surface area contributed by atoms with E-state index < -0.39 is 0 Å². The van der Waals surface area contributed by atoms with E-state index in [1.54, 1.807) is 0 Å². The number of carbonyl (C=O) groups is 1. The van der Waals surface area contributed by atoms with E-state index in [2.05, 4.69) is 20.1 Å². The summed E-state index contributed by atoms with van der Waals surface area (Å²) in [6, 6.07) is 8.04. The Balaban J connectivity index is 1.45. The van der Waals surface area contributed by atoms with Crippen molar-refractivity contribution < 1.29 is 9.53 Å². The van der Waals surface area contributed by atoms with Crippen LogP contribution in [0.5, 0.6) is 5.75 Å². The molecule has 1 amide bonds. The maximum atomic E-state index is 12.7. The lowest BCUT2D eigenvalue weighted by Crippen LogP contribution is -2.23. The van der Waals surface area contributed by atoms with Crippen molar-refractivity contribution in [3.05, 3.63) is 30.1 Å². The van der Waals surface area contributed by atoms with Crippen LogP contribution in [0.4, 0.5) is 5.69 Å². The summed E-state index contributed by atoms with van der Waals surface area (Å²) < 4.78 is 7.86. The number of anilines is 1. The van der Waals surface area contributed by atoms with Gasteiger partial charge in [-0.15, -0.1) is 10.2 Å². The number of thioether (sulfide) groups is 1. The largest absolute Gasteiger partial charge is 0.492 e. The minimum absolute atomic E-state index is 0.0551. The molecule has 0 radical (unpaired) electrons. The topological polar surface area (TPSA) is 69.0 Å². The Kier molecular flexibility index (Phi) is 4.89. The first-order valence-electron chi connectivity index (χ1n) is 9.31. The Morgan fingerprint density at radius 1 is 1.31 bits per heavy atom. The standard InChI is InChI=1S/C19H24N4O2S/c1-3-25-16-7-5-4-6-15(16)20-18(24)12(2)26-19-22-21-17(13-8-9-13)23(19)14-10-11-14/h4-7,12-14H,3,8-11H2,1-2H3,(H,20,24)/t12-/m1/s1. The number of benzene rings is 1. The Labute approximate surface area is 157 Å². The van der Waals surface area contributed by atoms with Gasteiger partial charge in [-0.25, -0.2) is 0 Å². The fourth-order valence-corrected chi connectivity index (χ4v) is 3.89. The second kappa shape index (κ2) is 7.31. The predicted octanol–water partition coefficient (Wildman–Crippen LogP) is 4.01. The quantitative estimate of drug-likeness (QED) is 0.709. The van der Waals surface area contributed by atoms with Gasteiger partial charge < -0.3 is 14.6 Å². The highest BCUT2D eigenvalue weighted by Crippen LogP contribution is 2.46. The number of aromatic nitrogens is 3. The molecule has 0 aliphatic heterocycles. The van der Waals surface area contributed by atoms with Crippen LogP contribution in [-0.2, 0) is 4.79 Å². The number of hydrogen-bond donors (Lipinski definition) is 1. The first-order valence-corrected chi connectivity index (χ1v) is 10.2. The van der Waals surface area contributed by atoms with Crippen LogP contribution in [0.15, 0.2) is 29.4 Å². The number of nitrogens with zero attached hydrogens (tertiary/aromatic N) is 3. The van der Waals surface area contributed by atoms with Gasteiger partial charge in [-0.05, 0) is 51.7 Å². The molecule has 1 aromatic heterocycles. The fraction of sp³-hybridized carbons (Fsp3) is 0.526. The SMILES string of the molecule is CCOc1ccccc1NC(=O)[C@@H](C)Sc1nnc(C2CC2)n1C1CC1. The van der Waals surface area contributed by atoms with Crippen LogP contribution >= 0.6 is 11.8 Å². The molecule has 1 aromatic carbocycles. The molecule has 0 spiro atoms. The molecule has 2 saturated carbocycles. The van der Waals surface area contributed by atoms with Crippen molar-refractivity contribution in [1.29, 1.82) is 0 Å². The van der Waals surface area contributed by atoms with Crippen LogP contribution in [0.1, 0.15) is 57.3 Å². The summed E-state index contributed by atoms with van der Waals surface area (Å²) in [6.45, 7) is 4.40. The smallest absolute Gasteiger partial charge is 0.237 e. The number of hydrogen-bond acceptors (Lipinski definition) is 5. The third kappa shape index (κ3) is 3.72. The zero-order valence-corrected chi connectivity index (χ0v) is 16.0. The lowest BCUT2D eigenvalue weighted by Gasteiger charge is -2.15. The first-order chi connectivity index (χ1) is 12.7. The molecule has 1 N–H and O–H groups in total. The summed E-state index contributed by atoms with van der Waals surface area (Å²) in [5.41, 5.74) is 0.703. The summed E-state index contributed by atoms with van der Waals surface area (Å²) in [4.78, 5) is 12.7. The fourth-order valence-electron chi connectivity index (χ4n) is 2.96.